The Morgan fingerprint density at radius 3 is 2.29 bits per heavy atom. The first-order valence-corrected chi connectivity index (χ1v) is 10.5. The SMILES string of the molecule is CCc1[nH]c(C(=O)N2CCN(Cc3ccc(OC)c(OC)c3)CC2)c(C)c1C(=O)OC. The molecule has 1 aliphatic heterocycles. The zero-order valence-electron chi connectivity index (χ0n) is 18.9. The van der Waals surface area contributed by atoms with Gasteiger partial charge in [-0.15, -0.1) is 0 Å². The van der Waals surface area contributed by atoms with Crippen LogP contribution in [0.25, 0.3) is 0 Å². The molecule has 1 aliphatic rings. The maximum atomic E-state index is 13.1. The van der Waals surface area contributed by atoms with Crippen LogP contribution in [0.15, 0.2) is 18.2 Å². The molecule has 31 heavy (non-hydrogen) atoms. The molecule has 1 amide bonds. The number of hydrogen-bond donors (Lipinski definition) is 1. The largest absolute Gasteiger partial charge is 0.493 e. The fourth-order valence-corrected chi connectivity index (χ4v) is 4.02. The summed E-state index contributed by atoms with van der Waals surface area (Å²) in [6.07, 6.45) is 0.623. The zero-order chi connectivity index (χ0) is 22.5. The third-order valence-electron chi connectivity index (χ3n) is 5.80. The molecule has 168 valence electrons. The van der Waals surface area contributed by atoms with Crippen molar-refractivity contribution in [1.82, 2.24) is 14.8 Å². The maximum Gasteiger partial charge on any atom is 0.339 e. The van der Waals surface area contributed by atoms with Gasteiger partial charge in [0.1, 0.15) is 5.69 Å². The second-order valence-corrected chi connectivity index (χ2v) is 7.58. The van der Waals surface area contributed by atoms with Crippen molar-refractivity contribution >= 4 is 11.9 Å². The molecule has 3 rings (SSSR count). The van der Waals surface area contributed by atoms with E-state index in [-0.39, 0.29) is 5.91 Å². The number of aromatic nitrogens is 1. The van der Waals surface area contributed by atoms with Gasteiger partial charge in [0.05, 0.1) is 26.9 Å². The highest BCUT2D eigenvalue weighted by molar-refractivity contribution is 6.00. The number of esters is 1. The van der Waals surface area contributed by atoms with E-state index < -0.39 is 5.97 Å². The van der Waals surface area contributed by atoms with Gasteiger partial charge in [0, 0.05) is 38.4 Å². The monoisotopic (exact) mass is 429 g/mol. The van der Waals surface area contributed by atoms with Gasteiger partial charge < -0.3 is 24.1 Å². The molecule has 0 radical (unpaired) electrons. The summed E-state index contributed by atoms with van der Waals surface area (Å²) in [6, 6.07) is 5.92. The third-order valence-corrected chi connectivity index (χ3v) is 5.80. The number of benzene rings is 1. The molecular formula is C23H31N3O5. The summed E-state index contributed by atoms with van der Waals surface area (Å²) < 4.78 is 15.6. The van der Waals surface area contributed by atoms with Crippen LogP contribution in [-0.4, -0.2) is 74.2 Å². The first kappa shape index (κ1) is 22.7. The summed E-state index contributed by atoms with van der Waals surface area (Å²) >= 11 is 0. The van der Waals surface area contributed by atoms with Crippen molar-refractivity contribution in [3.8, 4) is 11.5 Å². The Labute approximate surface area is 183 Å². The minimum Gasteiger partial charge on any atom is -0.493 e. The Morgan fingerprint density at radius 1 is 1.03 bits per heavy atom. The van der Waals surface area contributed by atoms with E-state index in [4.69, 9.17) is 14.2 Å². The number of ether oxygens (including phenoxy) is 3. The van der Waals surface area contributed by atoms with Crippen molar-refractivity contribution in [2.45, 2.75) is 26.8 Å². The van der Waals surface area contributed by atoms with Crippen LogP contribution in [0.3, 0.4) is 0 Å². The van der Waals surface area contributed by atoms with E-state index in [1.807, 2.05) is 30.0 Å². The van der Waals surface area contributed by atoms with Crippen molar-refractivity contribution < 1.29 is 23.8 Å². The molecule has 8 nitrogen and oxygen atoms in total. The van der Waals surface area contributed by atoms with Crippen molar-refractivity contribution in [1.29, 1.82) is 0 Å². The van der Waals surface area contributed by atoms with Crippen LogP contribution in [0.1, 0.15) is 44.6 Å². The van der Waals surface area contributed by atoms with Crippen molar-refractivity contribution in [3.63, 3.8) is 0 Å². The molecule has 0 atom stereocenters. The summed E-state index contributed by atoms with van der Waals surface area (Å²) in [7, 11) is 4.61. The van der Waals surface area contributed by atoms with E-state index in [9.17, 15) is 9.59 Å². The molecule has 2 heterocycles. The topological polar surface area (TPSA) is 84.1 Å². The molecular weight excluding hydrogens is 398 g/mol. The van der Waals surface area contributed by atoms with Gasteiger partial charge >= 0.3 is 5.97 Å². The summed E-state index contributed by atoms with van der Waals surface area (Å²) in [5, 5.41) is 0. The second-order valence-electron chi connectivity index (χ2n) is 7.58. The van der Waals surface area contributed by atoms with Gasteiger partial charge in [-0.25, -0.2) is 4.79 Å². The van der Waals surface area contributed by atoms with E-state index >= 15 is 0 Å². The van der Waals surface area contributed by atoms with Crippen LogP contribution in [0.4, 0.5) is 0 Å². The minimum absolute atomic E-state index is 0.0758. The van der Waals surface area contributed by atoms with E-state index in [2.05, 4.69) is 9.88 Å². The van der Waals surface area contributed by atoms with Crippen LogP contribution in [0, 0.1) is 6.92 Å². The number of methoxy groups -OCH3 is 3. The van der Waals surface area contributed by atoms with E-state index in [1.165, 1.54) is 7.11 Å². The smallest absolute Gasteiger partial charge is 0.339 e. The number of rotatable bonds is 7. The Kier molecular flexibility index (Phi) is 7.22. The molecule has 0 aliphatic carbocycles. The number of H-pyrrole nitrogens is 1. The minimum atomic E-state index is -0.413. The lowest BCUT2D eigenvalue weighted by atomic mass is 10.1. The van der Waals surface area contributed by atoms with E-state index in [0.29, 0.717) is 47.8 Å². The lowest BCUT2D eigenvalue weighted by molar-refractivity contribution is 0.0599. The summed E-state index contributed by atoms with van der Waals surface area (Å²) in [5.74, 6) is 0.933. The number of aryl methyl sites for hydroxylation is 1. The molecule has 1 N–H and O–H groups in total. The summed E-state index contributed by atoms with van der Waals surface area (Å²) in [4.78, 5) is 32.6. The molecule has 1 fully saturated rings. The van der Waals surface area contributed by atoms with Crippen LogP contribution < -0.4 is 9.47 Å². The van der Waals surface area contributed by atoms with Crippen molar-refractivity contribution in [2.24, 2.45) is 0 Å². The molecule has 0 spiro atoms. The number of piperazine rings is 1. The number of carbonyl (C=O) groups is 2. The highest BCUT2D eigenvalue weighted by Crippen LogP contribution is 2.28. The quantitative estimate of drug-likeness (QED) is 0.682. The van der Waals surface area contributed by atoms with Gasteiger partial charge in [0.25, 0.3) is 5.91 Å². The predicted octanol–water partition coefficient (Wildman–Crippen LogP) is 2.65. The molecule has 2 aromatic rings. The molecule has 1 saturated heterocycles. The number of nitrogens with zero attached hydrogens (tertiary/aromatic N) is 2. The fourth-order valence-electron chi connectivity index (χ4n) is 4.02. The highest BCUT2D eigenvalue weighted by atomic mass is 16.5. The average molecular weight is 430 g/mol. The fraction of sp³-hybridized carbons (Fsp3) is 0.478. The van der Waals surface area contributed by atoms with Crippen LogP contribution in [-0.2, 0) is 17.7 Å². The molecule has 0 unspecified atom stereocenters. The molecule has 1 aromatic heterocycles. The summed E-state index contributed by atoms with van der Waals surface area (Å²) in [6.45, 7) is 7.30. The Hall–Kier alpha value is -3.00. The van der Waals surface area contributed by atoms with Crippen molar-refractivity contribution in [2.75, 3.05) is 47.5 Å². The van der Waals surface area contributed by atoms with Crippen LogP contribution >= 0.6 is 0 Å². The third kappa shape index (κ3) is 4.69. The van der Waals surface area contributed by atoms with E-state index in [0.717, 1.165) is 30.9 Å². The van der Waals surface area contributed by atoms with Gasteiger partial charge in [-0.1, -0.05) is 13.0 Å². The van der Waals surface area contributed by atoms with Gasteiger partial charge in [0.2, 0.25) is 0 Å². The first-order valence-electron chi connectivity index (χ1n) is 10.5. The number of aromatic amines is 1. The van der Waals surface area contributed by atoms with Crippen molar-refractivity contribution in [3.05, 3.63) is 46.3 Å². The number of amides is 1. The standard InChI is InChI=1S/C23H31N3O5/c1-6-17-20(23(28)31-5)15(2)21(24-17)22(27)26-11-9-25(10-12-26)14-16-7-8-18(29-3)19(13-16)30-4/h7-8,13,24H,6,9-12,14H2,1-5H3. The summed E-state index contributed by atoms with van der Waals surface area (Å²) in [5.41, 5.74) is 3.47. The lowest BCUT2D eigenvalue weighted by Crippen LogP contribution is -2.48. The Bertz CT molecular complexity index is 945. The van der Waals surface area contributed by atoms with Gasteiger partial charge in [-0.05, 0) is 36.6 Å². The maximum absolute atomic E-state index is 13.1. The van der Waals surface area contributed by atoms with Crippen LogP contribution in [0.2, 0.25) is 0 Å². The normalized spacial score (nSPS) is 14.4. The number of nitrogens with one attached hydrogen (secondary N) is 1. The average Bonchev–Trinajstić information content (AvgIpc) is 3.14. The highest BCUT2D eigenvalue weighted by Gasteiger charge is 2.28. The number of carbonyl (C=O) groups excluding carboxylic acids is 2. The van der Waals surface area contributed by atoms with E-state index in [1.54, 1.807) is 21.1 Å². The Morgan fingerprint density at radius 2 is 1.71 bits per heavy atom. The number of hydrogen-bond acceptors (Lipinski definition) is 6. The van der Waals surface area contributed by atoms with Gasteiger partial charge in [-0.3, -0.25) is 9.69 Å². The van der Waals surface area contributed by atoms with Crippen LogP contribution in [0.5, 0.6) is 11.5 Å². The molecule has 0 saturated carbocycles. The molecule has 0 bridgehead atoms. The van der Waals surface area contributed by atoms with Gasteiger partial charge in [0.15, 0.2) is 11.5 Å². The Balaban J connectivity index is 1.65. The lowest BCUT2D eigenvalue weighted by Gasteiger charge is -2.34. The molecule has 8 heteroatoms. The molecule has 1 aromatic carbocycles. The second kappa shape index (κ2) is 9.87. The zero-order valence-corrected chi connectivity index (χ0v) is 18.9. The predicted molar refractivity (Wildman–Crippen MR) is 117 cm³/mol. The first-order chi connectivity index (χ1) is 14.9. The van der Waals surface area contributed by atoms with Gasteiger partial charge in [-0.2, -0.15) is 0 Å².